The number of oxazole rings is 1. The number of carbonyl (C=O) groups is 1. The van der Waals surface area contributed by atoms with Gasteiger partial charge in [0, 0.05) is 44.3 Å². The van der Waals surface area contributed by atoms with E-state index in [4.69, 9.17) is 4.42 Å². The third-order valence-electron chi connectivity index (χ3n) is 5.11. The van der Waals surface area contributed by atoms with E-state index in [9.17, 15) is 9.18 Å². The zero-order valence-corrected chi connectivity index (χ0v) is 16.2. The summed E-state index contributed by atoms with van der Waals surface area (Å²) in [6.45, 7) is 1.50. The molecule has 1 amide bonds. The molecule has 0 saturated carbocycles. The predicted molar refractivity (Wildman–Crippen MR) is 105 cm³/mol. The van der Waals surface area contributed by atoms with Gasteiger partial charge in [-0.2, -0.15) is 0 Å². The van der Waals surface area contributed by atoms with Gasteiger partial charge in [0.25, 0.3) is 0 Å². The number of hydrogen-bond donors (Lipinski definition) is 1. The standard InChI is InChI=1S/C21H24FN5O2/c22-16-7-5-15(6-8-16)17-14-24-21(29-17)10-9-20(28)23-12-11-19-26-25-18-4-2-1-3-13-27(18)19/h5-8,14H,1-4,9-13H2,(H,23,28). The molecule has 29 heavy (non-hydrogen) atoms. The monoisotopic (exact) mass is 397 g/mol. The van der Waals surface area contributed by atoms with Crippen LogP contribution in [0, 0.1) is 5.82 Å². The maximum atomic E-state index is 13.0. The van der Waals surface area contributed by atoms with Gasteiger partial charge in [-0.15, -0.1) is 10.2 Å². The molecule has 0 unspecified atom stereocenters. The average molecular weight is 397 g/mol. The highest BCUT2D eigenvalue weighted by Crippen LogP contribution is 2.21. The summed E-state index contributed by atoms with van der Waals surface area (Å²) in [6.07, 6.45) is 7.50. The summed E-state index contributed by atoms with van der Waals surface area (Å²) in [5.41, 5.74) is 0.752. The molecule has 0 aliphatic carbocycles. The minimum atomic E-state index is -0.299. The van der Waals surface area contributed by atoms with Crippen LogP contribution in [0.3, 0.4) is 0 Å². The lowest BCUT2D eigenvalue weighted by atomic mass is 10.2. The highest BCUT2D eigenvalue weighted by molar-refractivity contribution is 5.76. The molecule has 7 nitrogen and oxygen atoms in total. The Morgan fingerprint density at radius 2 is 2.00 bits per heavy atom. The van der Waals surface area contributed by atoms with Gasteiger partial charge in [0.1, 0.15) is 17.5 Å². The van der Waals surface area contributed by atoms with Crippen LogP contribution in [0.4, 0.5) is 4.39 Å². The number of benzene rings is 1. The largest absolute Gasteiger partial charge is 0.441 e. The lowest BCUT2D eigenvalue weighted by Gasteiger charge is -2.07. The van der Waals surface area contributed by atoms with E-state index < -0.39 is 0 Å². The van der Waals surface area contributed by atoms with E-state index in [1.165, 1.54) is 25.0 Å². The van der Waals surface area contributed by atoms with Crippen molar-refractivity contribution in [1.29, 1.82) is 0 Å². The van der Waals surface area contributed by atoms with Crippen LogP contribution in [0.25, 0.3) is 11.3 Å². The smallest absolute Gasteiger partial charge is 0.220 e. The van der Waals surface area contributed by atoms with E-state index in [1.54, 1.807) is 18.3 Å². The number of aryl methyl sites for hydroxylation is 2. The fraction of sp³-hybridized carbons (Fsp3) is 0.429. The van der Waals surface area contributed by atoms with Gasteiger partial charge in [-0.25, -0.2) is 9.37 Å². The lowest BCUT2D eigenvalue weighted by Crippen LogP contribution is -2.26. The Hall–Kier alpha value is -3.03. The van der Waals surface area contributed by atoms with Gasteiger partial charge in [0.2, 0.25) is 5.91 Å². The number of nitrogens with one attached hydrogen (secondary N) is 1. The molecule has 1 aliphatic heterocycles. The van der Waals surface area contributed by atoms with Crippen LogP contribution in [-0.4, -0.2) is 32.2 Å². The summed E-state index contributed by atoms with van der Waals surface area (Å²) in [5, 5.41) is 11.5. The molecule has 4 rings (SSSR count). The van der Waals surface area contributed by atoms with Crippen molar-refractivity contribution in [3.63, 3.8) is 0 Å². The Morgan fingerprint density at radius 3 is 2.86 bits per heavy atom. The number of fused-ring (bicyclic) bond motifs is 1. The van der Waals surface area contributed by atoms with Crippen molar-refractivity contribution < 1.29 is 13.6 Å². The van der Waals surface area contributed by atoms with Gasteiger partial charge in [0.15, 0.2) is 11.7 Å². The Kier molecular flexibility index (Phi) is 5.97. The van der Waals surface area contributed by atoms with Crippen molar-refractivity contribution >= 4 is 5.91 Å². The summed E-state index contributed by atoms with van der Waals surface area (Å²) in [6, 6.07) is 6.02. The van der Waals surface area contributed by atoms with Crippen LogP contribution in [0.2, 0.25) is 0 Å². The van der Waals surface area contributed by atoms with Crippen molar-refractivity contribution in [3.8, 4) is 11.3 Å². The van der Waals surface area contributed by atoms with Crippen LogP contribution < -0.4 is 5.32 Å². The number of amides is 1. The van der Waals surface area contributed by atoms with Crippen molar-refractivity contribution in [2.45, 2.75) is 51.5 Å². The normalized spacial score (nSPS) is 13.7. The summed E-state index contributed by atoms with van der Waals surface area (Å²) in [5.74, 6) is 2.70. The van der Waals surface area contributed by atoms with E-state index >= 15 is 0 Å². The fourth-order valence-electron chi connectivity index (χ4n) is 3.53. The lowest BCUT2D eigenvalue weighted by molar-refractivity contribution is -0.121. The number of halogens is 1. The van der Waals surface area contributed by atoms with Gasteiger partial charge in [-0.3, -0.25) is 4.79 Å². The minimum absolute atomic E-state index is 0.0536. The van der Waals surface area contributed by atoms with E-state index in [0.29, 0.717) is 37.5 Å². The molecule has 1 aliphatic rings. The number of rotatable bonds is 7. The zero-order chi connectivity index (χ0) is 20.1. The van der Waals surface area contributed by atoms with Crippen molar-refractivity contribution in [1.82, 2.24) is 25.1 Å². The van der Waals surface area contributed by atoms with E-state index in [2.05, 4.69) is 25.1 Å². The van der Waals surface area contributed by atoms with Crippen LogP contribution >= 0.6 is 0 Å². The van der Waals surface area contributed by atoms with Gasteiger partial charge in [-0.1, -0.05) is 6.42 Å². The first-order valence-electron chi connectivity index (χ1n) is 10.1. The van der Waals surface area contributed by atoms with Crippen LogP contribution in [0.5, 0.6) is 0 Å². The minimum Gasteiger partial charge on any atom is -0.441 e. The average Bonchev–Trinajstić information content (AvgIpc) is 3.28. The Morgan fingerprint density at radius 1 is 1.14 bits per heavy atom. The van der Waals surface area contributed by atoms with Crippen LogP contribution in [-0.2, 0) is 30.6 Å². The maximum absolute atomic E-state index is 13.0. The molecule has 0 bridgehead atoms. The second kappa shape index (κ2) is 8.98. The highest BCUT2D eigenvalue weighted by Gasteiger charge is 2.15. The first-order valence-corrected chi connectivity index (χ1v) is 10.1. The maximum Gasteiger partial charge on any atom is 0.220 e. The molecular formula is C21H24FN5O2. The van der Waals surface area contributed by atoms with E-state index in [1.807, 2.05) is 0 Å². The Bertz CT molecular complexity index is 964. The van der Waals surface area contributed by atoms with Gasteiger partial charge in [0.05, 0.1) is 6.20 Å². The number of carbonyl (C=O) groups excluding carboxylic acids is 1. The molecule has 1 aromatic carbocycles. The topological polar surface area (TPSA) is 85.8 Å². The summed E-state index contributed by atoms with van der Waals surface area (Å²) < 4.78 is 20.9. The van der Waals surface area contributed by atoms with Gasteiger partial charge in [-0.05, 0) is 37.1 Å². The second-order valence-corrected chi connectivity index (χ2v) is 7.22. The quantitative estimate of drug-likeness (QED) is 0.662. The summed E-state index contributed by atoms with van der Waals surface area (Å²) in [4.78, 5) is 16.3. The highest BCUT2D eigenvalue weighted by atomic mass is 19.1. The third-order valence-corrected chi connectivity index (χ3v) is 5.11. The first-order chi connectivity index (χ1) is 14.2. The van der Waals surface area contributed by atoms with Crippen molar-refractivity contribution in [2.24, 2.45) is 0 Å². The summed E-state index contributed by atoms with van der Waals surface area (Å²) in [7, 11) is 0. The third kappa shape index (κ3) is 4.88. The molecule has 0 saturated heterocycles. The second-order valence-electron chi connectivity index (χ2n) is 7.22. The van der Waals surface area contributed by atoms with Crippen LogP contribution in [0.1, 0.15) is 43.2 Å². The van der Waals surface area contributed by atoms with Crippen molar-refractivity contribution in [3.05, 3.63) is 53.8 Å². The SMILES string of the molecule is O=C(CCc1ncc(-c2ccc(F)cc2)o1)NCCc1nnc2n1CCCCC2. The van der Waals surface area contributed by atoms with Gasteiger partial charge < -0.3 is 14.3 Å². The molecular weight excluding hydrogens is 373 g/mol. The molecule has 0 spiro atoms. The molecule has 0 radical (unpaired) electrons. The fourth-order valence-corrected chi connectivity index (χ4v) is 3.53. The first kappa shape index (κ1) is 19.3. The number of aromatic nitrogens is 4. The predicted octanol–water partition coefficient (Wildman–Crippen LogP) is 3.09. The van der Waals surface area contributed by atoms with Crippen molar-refractivity contribution in [2.75, 3.05) is 6.54 Å². The number of hydrogen-bond acceptors (Lipinski definition) is 5. The molecule has 1 N–H and O–H groups in total. The molecule has 3 aromatic rings. The molecule has 152 valence electrons. The Labute approximate surface area is 168 Å². The molecule has 2 aromatic heterocycles. The number of nitrogens with zero attached hydrogens (tertiary/aromatic N) is 4. The van der Waals surface area contributed by atoms with Gasteiger partial charge >= 0.3 is 0 Å². The summed E-state index contributed by atoms with van der Waals surface area (Å²) >= 11 is 0. The molecule has 0 atom stereocenters. The molecule has 0 fully saturated rings. The zero-order valence-electron chi connectivity index (χ0n) is 16.2. The van der Waals surface area contributed by atoms with Crippen LogP contribution in [0.15, 0.2) is 34.9 Å². The molecule has 3 heterocycles. The van der Waals surface area contributed by atoms with E-state index in [0.717, 1.165) is 36.6 Å². The molecule has 8 heteroatoms. The van der Waals surface area contributed by atoms with E-state index in [-0.39, 0.29) is 11.7 Å². The Balaban J connectivity index is 1.23.